The van der Waals surface area contributed by atoms with Gasteiger partial charge in [0.15, 0.2) is 0 Å². The fraction of sp³-hybridized carbons (Fsp3) is 0.500. The number of carbonyl (C=O) groups excluding carboxylic acids is 1. The third kappa shape index (κ3) is 5.91. The van der Waals surface area contributed by atoms with Crippen LogP contribution in [0.25, 0.3) is 0 Å². The van der Waals surface area contributed by atoms with Gasteiger partial charge in [0.1, 0.15) is 6.10 Å². The molecule has 8 heteroatoms. The molecule has 5 nitrogen and oxygen atoms in total. The number of hydrogen-bond acceptors (Lipinski definition) is 4. The molecule has 1 amide bonds. The normalized spacial score (nSPS) is 15.9. The predicted molar refractivity (Wildman–Crippen MR) is 86.0 cm³/mol. The quantitative estimate of drug-likeness (QED) is 0.640. The first-order valence-electron chi connectivity index (χ1n) is 6.49. The van der Waals surface area contributed by atoms with Crippen molar-refractivity contribution in [3.8, 4) is 0 Å². The smallest absolute Gasteiger partial charge is 0.272 e. The lowest BCUT2D eigenvalue weighted by Crippen LogP contribution is -2.60. The molecule has 22 heavy (non-hydrogen) atoms. The summed E-state index contributed by atoms with van der Waals surface area (Å²) in [7, 11) is 0. The van der Waals surface area contributed by atoms with E-state index in [1.54, 1.807) is 0 Å². The van der Waals surface area contributed by atoms with Crippen molar-refractivity contribution < 1.29 is 19.7 Å². The number of carbonyl (C=O) groups is 1. The highest BCUT2D eigenvalue weighted by Gasteiger charge is 2.40. The molecule has 0 saturated heterocycles. The molecule has 3 N–H and O–H groups in total. The number of halogens is 3. The van der Waals surface area contributed by atoms with Gasteiger partial charge < -0.3 is 20.3 Å². The Morgan fingerprint density at radius 3 is 2.41 bits per heavy atom. The number of hydrogen-bond donors (Lipinski definition) is 3. The van der Waals surface area contributed by atoms with Crippen molar-refractivity contribution in [2.45, 2.75) is 29.0 Å². The monoisotopic (exact) mass is 369 g/mol. The highest BCUT2D eigenvalue weighted by Crippen LogP contribution is 2.27. The van der Waals surface area contributed by atoms with Crippen LogP contribution in [0, 0.1) is 0 Å². The van der Waals surface area contributed by atoms with Crippen LogP contribution in [-0.2, 0) is 16.1 Å². The second kappa shape index (κ2) is 8.34. The number of alkyl halides is 3. The number of nitrogens with one attached hydrogen (secondary N) is 1. The maximum Gasteiger partial charge on any atom is 0.272 e. The molecule has 0 radical (unpaired) electrons. The van der Waals surface area contributed by atoms with Gasteiger partial charge in [-0.3, -0.25) is 4.79 Å². The summed E-state index contributed by atoms with van der Waals surface area (Å²) in [5.74, 6) is -0.934. The summed E-state index contributed by atoms with van der Waals surface area (Å²) in [6.45, 7) is 1.07. The molecule has 1 rings (SSSR count). The maximum atomic E-state index is 11.7. The van der Waals surface area contributed by atoms with E-state index in [4.69, 9.17) is 39.5 Å². The Bertz CT molecular complexity index is 481. The molecule has 0 spiro atoms. The Labute approximate surface area is 144 Å². The molecule has 0 fully saturated rings. The zero-order valence-corrected chi connectivity index (χ0v) is 14.2. The van der Waals surface area contributed by atoms with E-state index in [0.717, 1.165) is 5.56 Å². The van der Waals surface area contributed by atoms with Crippen LogP contribution in [0.5, 0.6) is 0 Å². The summed E-state index contributed by atoms with van der Waals surface area (Å²) in [6, 6.07) is 9.38. The topological polar surface area (TPSA) is 78.8 Å². The molecule has 0 aliphatic rings. The van der Waals surface area contributed by atoms with Crippen LogP contribution < -0.4 is 5.32 Å². The van der Waals surface area contributed by atoms with E-state index in [-0.39, 0.29) is 13.2 Å². The molecule has 124 valence electrons. The van der Waals surface area contributed by atoms with Crippen molar-refractivity contribution in [3.63, 3.8) is 0 Å². The standard InChI is InChI=1S/C14H18Cl3NO4/c1-13(9-19,18-12(21)14(15,16)17)11(20)8-22-7-10-5-3-2-4-6-10/h2-6,11,19-20H,7-9H2,1H3,(H,18,21)/t11-,13+/m0/s1. The van der Waals surface area contributed by atoms with Gasteiger partial charge in [-0.2, -0.15) is 0 Å². The minimum Gasteiger partial charge on any atom is -0.394 e. The van der Waals surface area contributed by atoms with E-state index < -0.39 is 27.9 Å². The molecule has 1 aromatic carbocycles. The van der Waals surface area contributed by atoms with Crippen LogP contribution in [0.15, 0.2) is 30.3 Å². The SMILES string of the molecule is C[C@](CO)(NC(=O)C(Cl)(Cl)Cl)[C@@H](O)COCc1ccccc1. The number of benzene rings is 1. The molecule has 0 saturated carbocycles. The van der Waals surface area contributed by atoms with Gasteiger partial charge in [0.05, 0.1) is 25.4 Å². The summed E-state index contributed by atoms with van der Waals surface area (Å²) < 4.78 is 3.21. The van der Waals surface area contributed by atoms with Crippen molar-refractivity contribution in [1.82, 2.24) is 5.32 Å². The van der Waals surface area contributed by atoms with Crippen LogP contribution >= 0.6 is 34.8 Å². The summed E-state index contributed by atoms with van der Waals surface area (Å²) in [6.07, 6.45) is -1.18. The first-order valence-corrected chi connectivity index (χ1v) is 7.62. The zero-order valence-electron chi connectivity index (χ0n) is 11.9. The first-order chi connectivity index (χ1) is 10.2. The van der Waals surface area contributed by atoms with E-state index in [2.05, 4.69) is 5.32 Å². The zero-order chi connectivity index (χ0) is 16.8. The van der Waals surface area contributed by atoms with Gasteiger partial charge in [-0.25, -0.2) is 0 Å². The third-order valence-electron chi connectivity index (χ3n) is 3.11. The number of aliphatic hydroxyl groups excluding tert-OH is 2. The van der Waals surface area contributed by atoms with Gasteiger partial charge in [-0.15, -0.1) is 0 Å². The van der Waals surface area contributed by atoms with Crippen LogP contribution in [-0.4, -0.2) is 44.8 Å². The van der Waals surface area contributed by atoms with Crippen molar-refractivity contribution in [2.75, 3.05) is 13.2 Å². The molecule has 0 aliphatic heterocycles. The molecule has 0 aliphatic carbocycles. The molecule has 2 atom stereocenters. The van der Waals surface area contributed by atoms with E-state index in [1.165, 1.54) is 6.92 Å². The predicted octanol–water partition coefficient (Wildman–Crippen LogP) is 1.80. The Morgan fingerprint density at radius 1 is 1.32 bits per heavy atom. The van der Waals surface area contributed by atoms with E-state index in [9.17, 15) is 15.0 Å². The minimum atomic E-state index is -2.18. The second-order valence-corrected chi connectivity index (χ2v) is 7.33. The second-order valence-electron chi connectivity index (χ2n) is 5.04. The molecule has 0 aromatic heterocycles. The Morgan fingerprint density at radius 2 is 1.91 bits per heavy atom. The fourth-order valence-electron chi connectivity index (χ4n) is 1.61. The van der Waals surface area contributed by atoms with Crippen molar-refractivity contribution >= 4 is 40.7 Å². The van der Waals surface area contributed by atoms with Crippen molar-refractivity contribution in [3.05, 3.63) is 35.9 Å². The molecule has 1 aromatic rings. The number of rotatable bonds is 7. The summed E-state index contributed by atoms with van der Waals surface area (Å²) in [4.78, 5) is 11.7. The molecular formula is C14H18Cl3NO4. The lowest BCUT2D eigenvalue weighted by Gasteiger charge is -2.34. The maximum absolute atomic E-state index is 11.7. The van der Waals surface area contributed by atoms with Crippen LogP contribution in [0.4, 0.5) is 0 Å². The number of ether oxygens (including phenoxy) is 1. The minimum absolute atomic E-state index is 0.105. The molecular weight excluding hydrogens is 353 g/mol. The Balaban J connectivity index is 2.56. The van der Waals surface area contributed by atoms with Gasteiger partial charge >= 0.3 is 0 Å². The van der Waals surface area contributed by atoms with Crippen molar-refractivity contribution in [2.24, 2.45) is 0 Å². The van der Waals surface area contributed by atoms with Gasteiger partial charge in [0.25, 0.3) is 9.70 Å². The third-order valence-corrected chi connectivity index (χ3v) is 3.62. The Hall–Kier alpha value is -0.560. The van der Waals surface area contributed by atoms with Crippen LogP contribution in [0.2, 0.25) is 0 Å². The average molecular weight is 371 g/mol. The van der Waals surface area contributed by atoms with Crippen molar-refractivity contribution in [1.29, 1.82) is 0 Å². The van der Waals surface area contributed by atoms with Crippen LogP contribution in [0.1, 0.15) is 12.5 Å². The Kier molecular flexibility index (Phi) is 7.38. The number of aliphatic hydroxyl groups is 2. The average Bonchev–Trinajstić information content (AvgIpc) is 2.47. The highest BCUT2D eigenvalue weighted by molar-refractivity contribution is 6.76. The molecule has 0 heterocycles. The lowest BCUT2D eigenvalue weighted by molar-refractivity contribution is -0.125. The summed E-state index contributed by atoms with van der Waals surface area (Å²) >= 11 is 16.4. The van der Waals surface area contributed by atoms with E-state index in [0.29, 0.717) is 0 Å². The molecule has 0 bridgehead atoms. The van der Waals surface area contributed by atoms with E-state index in [1.807, 2.05) is 30.3 Å². The number of amides is 1. The lowest BCUT2D eigenvalue weighted by atomic mass is 9.96. The van der Waals surface area contributed by atoms with E-state index >= 15 is 0 Å². The fourth-order valence-corrected chi connectivity index (χ4v) is 1.75. The van der Waals surface area contributed by atoms with Gasteiger partial charge in [0.2, 0.25) is 0 Å². The largest absolute Gasteiger partial charge is 0.394 e. The van der Waals surface area contributed by atoms with Gasteiger partial charge in [-0.1, -0.05) is 65.1 Å². The summed E-state index contributed by atoms with van der Waals surface area (Å²) in [5, 5.41) is 21.9. The van der Waals surface area contributed by atoms with Gasteiger partial charge in [0, 0.05) is 0 Å². The van der Waals surface area contributed by atoms with Crippen LogP contribution in [0.3, 0.4) is 0 Å². The van der Waals surface area contributed by atoms with Gasteiger partial charge in [-0.05, 0) is 12.5 Å². The molecule has 0 unspecified atom stereocenters. The first kappa shape index (κ1) is 19.5. The highest BCUT2D eigenvalue weighted by atomic mass is 35.6. The summed E-state index contributed by atoms with van der Waals surface area (Å²) in [5.41, 5.74) is -0.455.